The zero-order chi connectivity index (χ0) is 12.4. The number of benzene rings is 2. The van der Waals surface area contributed by atoms with Gasteiger partial charge in [-0.2, -0.15) is 0 Å². The van der Waals surface area contributed by atoms with Crippen LogP contribution in [0.15, 0.2) is 42.5 Å². The summed E-state index contributed by atoms with van der Waals surface area (Å²) in [6.45, 7) is 1.99. The first-order chi connectivity index (χ1) is 8.09. The Morgan fingerprint density at radius 2 is 1.88 bits per heavy atom. The molecule has 0 aliphatic rings. The van der Waals surface area contributed by atoms with Crippen LogP contribution < -0.4 is 5.73 Å². The van der Waals surface area contributed by atoms with Crippen molar-refractivity contribution in [2.45, 2.75) is 13.0 Å². The zero-order valence-electron chi connectivity index (χ0n) is 9.45. The third-order valence-corrected chi connectivity index (χ3v) is 3.12. The van der Waals surface area contributed by atoms with Gasteiger partial charge in [0.05, 0.1) is 11.1 Å². The summed E-state index contributed by atoms with van der Waals surface area (Å²) in [7, 11) is 0. The molecule has 2 rings (SSSR count). The molecular weight excluding hydrogens is 237 g/mol. The molecule has 0 saturated carbocycles. The summed E-state index contributed by atoms with van der Waals surface area (Å²) >= 11 is 5.92. The molecule has 0 radical (unpaired) electrons. The second-order valence-corrected chi connectivity index (χ2v) is 4.41. The van der Waals surface area contributed by atoms with E-state index in [1.165, 1.54) is 6.07 Å². The molecular formula is C14H13ClFN. The van der Waals surface area contributed by atoms with E-state index in [-0.39, 0.29) is 5.02 Å². The molecule has 0 heterocycles. The van der Waals surface area contributed by atoms with Gasteiger partial charge in [0.2, 0.25) is 0 Å². The van der Waals surface area contributed by atoms with Crippen LogP contribution in [0.25, 0.3) is 0 Å². The minimum Gasteiger partial charge on any atom is -0.320 e. The lowest BCUT2D eigenvalue weighted by atomic mass is 9.98. The van der Waals surface area contributed by atoms with E-state index in [0.717, 1.165) is 11.1 Å². The first-order valence-electron chi connectivity index (χ1n) is 5.35. The fourth-order valence-electron chi connectivity index (χ4n) is 1.80. The molecule has 3 heteroatoms. The molecule has 0 aliphatic carbocycles. The van der Waals surface area contributed by atoms with E-state index in [9.17, 15) is 4.39 Å². The fraction of sp³-hybridized carbons (Fsp3) is 0.143. The summed E-state index contributed by atoms with van der Waals surface area (Å²) < 4.78 is 13.3. The van der Waals surface area contributed by atoms with Crippen molar-refractivity contribution >= 4 is 11.6 Å². The van der Waals surface area contributed by atoms with E-state index in [4.69, 9.17) is 17.3 Å². The van der Waals surface area contributed by atoms with Gasteiger partial charge in [0, 0.05) is 0 Å². The van der Waals surface area contributed by atoms with Crippen molar-refractivity contribution < 1.29 is 4.39 Å². The van der Waals surface area contributed by atoms with E-state index in [1.54, 1.807) is 12.1 Å². The molecule has 0 aliphatic heterocycles. The maximum Gasteiger partial charge on any atom is 0.142 e. The third kappa shape index (κ3) is 2.48. The van der Waals surface area contributed by atoms with Crippen molar-refractivity contribution in [3.05, 3.63) is 70.0 Å². The highest BCUT2D eigenvalue weighted by Crippen LogP contribution is 2.28. The first kappa shape index (κ1) is 12.1. The maximum absolute atomic E-state index is 13.3. The molecule has 2 aromatic rings. The lowest BCUT2D eigenvalue weighted by Crippen LogP contribution is -2.13. The average molecular weight is 250 g/mol. The van der Waals surface area contributed by atoms with Crippen LogP contribution in [-0.4, -0.2) is 0 Å². The van der Waals surface area contributed by atoms with Crippen LogP contribution in [0.4, 0.5) is 4.39 Å². The predicted molar refractivity (Wildman–Crippen MR) is 68.6 cm³/mol. The van der Waals surface area contributed by atoms with Gasteiger partial charge in [-0.05, 0) is 24.1 Å². The van der Waals surface area contributed by atoms with Gasteiger partial charge in [-0.1, -0.05) is 53.6 Å². The van der Waals surface area contributed by atoms with E-state index in [0.29, 0.717) is 5.56 Å². The van der Waals surface area contributed by atoms with Gasteiger partial charge in [0.25, 0.3) is 0 Å². The normalized spacial score (nSPS) is 12.5. The Morgan fingerprint density at radius 3 is 2.59 bits per heavy atom. The number of halogens is 2. The minimum atomic E-state index is -0.438. The van der Waals surface area contributed by atoms with Crippen LogP contribution in [0.3, 0.4) is 0 Å². The molecule has 0 bridgehead atoms. The van der Waals surface area contributed by atoms with Gasteiger partial charge < -0.3 is 5.73 Å². The second-order valence-electron chi connectivity index (χ2n) is 4.03. The largest absolute Gasteiger partial charge is 0.320 e. The van der Waals surface area contributed by atoms with Crippen molar-refractivity contribution in [3.8, 4) is 0 Å². The van der Waals surface area contributed by atoms with Crippen LogP contribution >= 0.6 is 11.6 Å². The Bertz CT molecular complexity index is 539. The molecule has 88 valence electrons. The van der Waals surface area contributed by atoms with Gasteiger partial charge in [0.15, 0.2) is 0 Å². The number of hydrogen-bond donors (Lipinski definition) is 1. The topological polar surface area (TPSA) is 26.0 Å². The quantitative estimate of drug-likeness (QED) is 0.860. The Balaban J connectivity index is 2.44. The molecule has 1 atom stereocenters. The Kier molecular flexibility index (Phi) is 3.46. The van der Waals surface area contributed by atoms with E-state index >= 15 is 0 Å². The smallest absolute Gasteiger partial charge is 0.142 e. The highest BCUT2D eigenvalue weighted by Gasteiger charge is 2.14. The van der Waals surface area contributed by atoms with E-state index < -0.39 is 11.9 Å². The monoisotopic (exact) mass is 249 g/mol. The SMILES string of the molecule is Cc1cccc(C(N)c2cccc(F)c2Cl)c1. The van der Waals surface area contributed by atoms with Crippen LogP contribution in [0.2, 0.25) is 5.02 Å². The molecule has 0 spiro atoms. The van der Waals surface area contributed by atoms with Crippen molar-refractivity contribution in [2.24, 2.45) is 5.73 Å². The molecule has 0 aromatic heterocycles. The molecule has 0 fully saturated rings. The number of rotatable bonds is 2. The van der Waals surface area contributed by atoms with Gasteiger partial charge in [-0.25, -0.2) is 4.39 Å². The molecule has 17 heavy (non-hydrogen) atoms. The number of hydrogen-bond acceptors (Lipinski definition) is 1. The summed E-state index contributed by atoms with van der Waals surface area (Å²) in [6.07, 6.45) is 0. The summed E-state index contributed by atoms with van der Waals surface area (Å²) in [4.78, 5) is 0. The molecule has 2 aromatic carbocycles. The van der Waals surface area contributed by atoms with Gasteiger partial charge in [-0.15, -0.1) is 0 Å². The maximum atomic E-state index is 13.3. The standard InChI is InChI=1S/C14H13ClFN/c1-9-4-2-5-10(8-9)14(17)11-6-3-7-12(16)13(11)15/h2-8,14H,17H2,1H3. The fourth-order valence-corrected chi connectivity index (χ4v) is 2.05. The van der Waals surface area contributed by atoms with Crippen molar-refractivity contribution in [1.82, 2.24) is 0 Å². The zero-order valence-corrected chi connectivity index (χ0v) is 10.2. The highest BCUT2D eigenvalue weighted by molar-refractivity contribution is 6.31. The van der Waals surface area contributed by atoms with Crippen molar-refractivity contribution in [2.75, 3.05) is 0 Å². The van der Waals surface area contributed by atoms with Gasteiger partial charge >= 0.3 is 0 Å². The highest BCUT2D eigenvalue weighted by atomic mass is 35.5. The summed E-state index contributed by atoms with van der Waals surface area (Å²) in [6, 6.07) is 12.1. The Labute approximate surface area is 105 Å². The van der Waals surface area contributed by atoms with Crippen molar-refractivity contribution in [1.29, 1.82) is 0 Å². The predicted octanol–water partition coefficient (Wildman–Crippen LogP) is 3.84. The summed E-state index contributed by atoms with van der Waals surface area (Å²) in [5, 5.41) is 0.0986. The summed E-state index contributed by atoms with van der Waals surface area (Å²) in [5.41, 5.74) is 8.76. The molecule has 0 amide bonds. The Morgan fingerprint density at radius 1 is 1.18 bits per heavy atom. The van der Waals surface area contributed by atoms with E-state index in [1.807, 2.05) is 31.2 Å². The minimum absolute atomic E-state index is 0.0986. The molecule has 0 saturated heterocycles. The number of nitrogens with two attached hydrogens (primary N) is 1. The average Bonchev–Trinajstić information content (AvgIpc) is 2.32. The Hall–Kier alpha value is -1.38. The molecule has 1 nitrogen and oxygen atoms in total. The second kappa shape index (κ2) is 4.86. The number of aryl methyl sites for hydroxylation is 1. The van der Waals surface area contributed by atoms with Crippen LogP contribution in [0.5, 0.6) is 0 Å². The summed E-state index contributed by atoms with van der Waals surface area (Å²) in [5.74, 6) is -0.438. The van der Waals surface area contributed by atoms with Crippen LogP contribution in [0.1, 0.15) is 22.7 Å². The van der Waals surface area contributed by atoms with Gasteiger partial charge in [0.1, 0.15) is 5.82 Å². The molecule has 1 unspecified atom stereocenters. The molecule has 2 N–H and O–H groups in total. The van der Waals surface area contributed by atoms with E-state index in [2.05, 4.69) is 0 Å². The van der Waals surface area contributed by atoms with Crippen LogP contribution in [0, 0.1) is 12.7 Å². The first-order valence-corrected chi connectivity index (χ1v) is 5.73. The lowest BCUT2D eigenvalue weighted by molar-refractivity contribution is 0.624. The van der Waals surface area contributed by atoms with Gasteiger partial charge in [-0.3, -0.25) is 0 Å². The lowest BCUT2D eigenvalue weighted by Gasteiger charge is -2.15. The van der Waals surface area contributed by atoms with Crippen LogP contribution in [-0.2, 0) is 0 Å². The third-order valence-electron chi connectivity index (χ3n) is 2.72. The van der Waals surface area contributed by atoms with Crippen molar-refractivity contribution in [3.63, 3.8) is 0 Å².